The molecule has 6 aliphatic rings. The molecule has 2 heterocycles. The van der Waals surface area contributed by atoms with Crippen molar-refractivity contribution in [2.24, 2.45) is 35.0 Å². The van der Waals surface area contributed by atoms with Crippen molar-refractivity contribution in [2.75, 3.05) is 13.1 Å². The van der Waals surface area contributed by atoms with Gasteiger partial charge in [-0.05, 0) is 98.9 Å². The lowest BCUT2D eigenvalue weighted by molar-refractivity contribution is -0.129. The van der Waals surface area contributed by atoms with Crippen molar-refractivity contribution in [1.82, 2.24) is 4.90 Å². The Labute approximate surface area is 193 Å². The van der Waals surface area contributed by atoms with Gasteiger partial charge in [0.1, 0.15) is 12.1 Å². The van der Waals surface area contributed by atoms with Gasteiger partial charge in [-0.2, -0.15) is 0 Å². The van der Waals surface area contributed by atoms with Crippen molar-refractivity contribution in [3.8, 4) is 0 Å². The van der Waals surface area contributed by atoms with Gasteiger partial charge < -0.3 is 9.53 Å². The summed E-state index contributed by atoms with van der Waals surface area (Å²) >= 11 is 0. The molecular formula is C28H41NO3. The van der Waals surface area contributed by atoms with E-state index < -0.39 is 0 Å². The van der Waals surface area contributed by atoms with Gasteiger partial charge >= 0.3 is 0 Å². The molecule has 176 valence electrons. The summed E-state index contributed by atoms with van der Waals surface area (Å²) in [5, 5.41) is 0. The van der Waals surface area contributed by atoms with Crippen molar-refractivity contribution in [2.45, 2.75) is 103 Å². The number of Topliss-reactive ketones (excluding diaryl/α,β-unsaturated/α-hetero) is 1. The van der Waals surface area contributed by atoms with Crippen LogP contribution in [-0.2, 0) is 14.3 Å². The molecule has 4 nitrogen and oxygen atoms in total. The van der Waals surface area contributed by atoms with Gasteiger partial charge in [-0.1, -0.05) is 19.4 Å². The zero-order valence-corrected chi connectivity index (χ0v) is 20.3. The number of likely N-dealkylation sites (tertiary alicyclic amines) is 1. The van der Waals surface area contributed by atoms with E-state index in [1.54, 1.807) is 11.1 Å². The second-order valence-electron chi connectivity index (χ2n) is 12.7. The van der Waals surface area contributed by atoms with Crippen LogP contribution >= 0.6 is 0 Å². The fraction of sp³-hybridized carbons (Fsp3) is 0.857. The molecule has 6 rings (SSSR count). The zero-order chi connectivity index (χ0) is 22.3. The average Bonchev–Trinajstić information content (AvgIpc) is 3.32. The molecule has 0 amide bonds. The fourth-order valence-electron chi connectivity index (χ4n) is 9.60. The van der Waals surface area contributed by atoms with Crippen molar-refractivity contribution < 1.29 is 14.3 Å². The van der Waals surface area contributed by atoms with Gasteiger partial charge in [0.15, 0.2) is 0 Å². The molecule has 0 aromatic rings. The molecule has 9 atom stereocenters. The van der Waals surface area contributed by atoms with Crippen molar-refractivity contribution in [1.29, 1.82) is 0 Å². The van der Waals surface area contributed by atoms with Gasteiger partial charge in [0.2, 0.25) is 0 Å². The molecule has 0 aromatic heterocycles. The van der Waals surface area contributed by atoms with Gasteiger partial charge in [-0.15, -0.1) is 0 Å². The molecule has 5 fully saturated rings. The van der Waals surface area contributed by atoms with E-state index in [0.29, 0.717) is 35.6 Å². The first kappa shape index (κ1) is 21.5. The minimum atomic E-state index is -0.0946. The molecule has 1 spiro atoms. The number of piperidine rings is 1. The molecule has 4 heteroatoms. The van der Waals surface area contributed by atoms with Crippen molar-refractivity contribution in [3.63, 3.8) is 0 Å². The lowest BCUT2D eigenvalue weighted by Crippen LogP contribution is -2.49. The maximum absolute atomic E-state index is 12.2. The molecule has 0 aromatic carbocycles. The van der Waals surface area contributed by atoms with E-state index in [2.05, 4.69) is 25.7 Å². The second-order valence-corrected chi connectivity index (χ2v) is 12.7. The average molecular weight is 440 g/mol. The first-order valence-corrected chi connectivity index (χ1v) is 13.4. The highest BCUT2D eigenvalue weighted by molar-refractivity contribution is 5.79. The van der Waals surface area contributed by atoms with Crippen LogP contribution in [0.5, 0.6) is 0 Å². The Morgan fingerprint density at radius 1 is 1.19 bits per heavy atom. The van der Waals surface area contributed by atoms with Crippen LogP contribution in [0.4, 0.5) is 0 Å². The normalized spacial score (nSPS) is 50.7. The Balaban J connectivity index is 1.30. The quantitative estimate of drug-likeness (QED) is 0.451. The maximum Gasteiger partial charge on any atom is 0.133 e. The van der Waals surface area contributed by atoms with E-state index in [0.717, 1.165) is 69.1 Å². The third kappa shape index (κ3) is 3.00. The summed E-state index contributed by atoms with van der Waals surface area (Å²) in [5.41, 5.74) is 3.56. The molecule has 0 N–H and O–H groups in total. The summed E-state index contributed by atoms with van der Waals surface area (Å²) in [6, 6.07) is 0.401. The number of ether oxygens (including phenoxy) is 1. The number of hydrogen-bond donors (Lipinski definition) is 0. The maximum atomic E-state index is 12.2. The summed E-state index contributed by atoms with van der Waals surface area (Å²) in [6.07, 6.45) is 12.6. The Bertz CT molecular complexity index is 850. The van der Waals surface area contributed by atoms with E-state index in [-0.39, 0.29) is 11.7 Å². The summed E-state index contributed by atoms with van der Waals surface area (Å²) in [7, 11) is 0. The smallest absolute Gasteiger partial charge is 0.133 e. The molecule has 3 saturated carbocycles. The number of carbonyl (C=O) groups excluding carboxylic acids is 2. The van der Waals surface area contributed by atoms with Crippen LogP contribution in [0.2, 0.25) is 0 Å². The summed E-state index contributed by atoms with van der Waals surface area (Å²) in [4.78, 5) is 25.9. The van der Waals surface area contributed by atoms with Crippen LogP contribution in [0, 0.1) is 35.0 Å². The standard InChI is InChI=1S/C28H41NO3/c1-17-12-26-25(29(16-17)10-11-30)15-28(32-26)9-7-21-22-5-4-19-13-20(31)6-8-27(19,3)24(22)14-23(21)18(28)2/h11,17,19,21-22,24-26H,4-10,12-16H2,1-3H3. The number of ketones is 1. The minimum Gasteiger partial charge on any atom is -0.366 e. The van der Waals surface area contributed by atoms with E-state index in [1.807, 2.05) is 0 Å². The first-order chi connectivity index (χ1) is 15.3. The molecule has 0 bridgehead atoms. The number of nitrogens with zero attached hydrogens (tertiary/aromatic N) is 1. The number of hydrogen-bond acceptors (Lipinski definition) is 4. The summed E-state index contributed by atoms with van der Waals surface area (Å²) in [5.74, 6) is 4.04. The van der Waals surface area contributed by atoms with E-state index in [1.165, 1.54) is 25.7 Å². The Hall–Kier alpha value is -1.00. The van der Waals surface area contributed by atoms with Gasteiger partial charge in [-0.3, -0.25) is 9.69 Å². The van der Waals surface area contributed by atoms with Crippen LogP contribution in [0.1, 0.15) is 85.0 Å². The number of allylic oxidation sites excluding steroid dienone is 1. The molecule has 2 aliphatic heterocycles. The fourth-order valence-corrected chi connectivity index (χ4v) is 9.60. The third-order valence-electron chi connectivity index (χ3n) is 11.3. The highest BCUT2D eigenvalue weighted by atomic mass is 16.5. The minimum absolute atomic E-state index is 0.0946. The summed E-state index contributed by atoms with van der Waals surface area (Å²) in [6.45, 7) is 8.81. The predicted molar refractivity (Wildman–Crippen MR) is 124 cm³/mol. The highest BCUT2D eigenvalue weighted by Crippen LogP contribution is 2.65. The Morgan fingerprint density at radius 2 is 2.03 bits per heavy atom. The predicted octanol–water partition coefficient (Wildman–Crippen LogP) is 4.96. The topological polar surface area (TPSA) is 46.6 Å². The molecule has 4 aliphatic carbocycles. The van der Waals surface area contributed by atoms with Crippen LogP contribution in [0.25, 0.3) is 0 Å². The Kier molecular flexibility index (Phi) is 5.05. The monoisotopic (exact) mass is 439 g/mol. The van der Waals surface area contributed by atoms with Gasteiger partial charge in [0.05, 0.1) is 18.2 Å². The van der Waals surface area contributed by atoms with Gasteiger partial charge in [0.25, 0.3) is 0 Å². The van der Waals surface area contributed by atoms with Crippen LogP contribution in [0.3, 0.4) is 0 Å². The van der Waals surface area contributed by atoms with E-state index >= 15 is 0 Å². The van der Waals surface area contributed by atoms with E-state index in [9.17, 15) is 9.59 Å². The van der Waals surface area contributed by atoms with Gasteiger partial charge in [-0.25, -0.2) is 0 Å². The molecule has 2 saturated heterocycles. The number of fused-ring (bicyclic) bond motifs is 6. The number of carbonyl (C=O) groups is 2. The number of rotatable bonds is 2. The van der Waals surface area contributed by atoms with Crippen LogP contribution in [-0.4, -0.2) is 47.8 Å². The van der Waals surface area contributed by atoms with Crippen molar-refractivity contribution >= 4 is 12.1 Å². The zero-order valence-electron chi connectivity index (χ0n) is 20.3. The Morgan fingerprint density at radius 3 is 2.84 bits per heavy atom. The largest absolute Gasteiger partial charge is 0.366 e. The second kappa shape index (κ2) is 7.50. The first-order valence-electron chi connectivity index (χ1n) is 13.4. The molecule has 32 heavy (non-hydrogen) atoms. The summed E-state index contributed by atoms with van der Waals surface area (Å²) < 4.78 is 7.00. The van der Waals surface area contributed by atoms with Crippen LogP contribution < -0.4 is 0 Å². The molecular weight excluding hydrogens is 398 g/mol. The van der Waals surface area contributed by atoms with Gasteiger partial charge in [0, 0.05) is 25.4 Å². The third-order valence-corrected chi connectivity index (χ3v) is 11.3. The molecule has 0 radical (unpaired) electrons. The van der Waals surface area contributed by atoms with Crippen molar-refractivity contribution in [3.05, 3.63) is 11.1 Å². The number of aldehydes is 1. The SMILES string of the molecule is CC1=C2CC3C(CCC4CC(=O)CCC43C)C2CCC12CC1C(CC(C)CN1CC=O)O2. The highest BCUT2D eigenvalue weighted by Gasteiger charge is 2.60. The molecule has 9 unspecified atom stereocenters. The lowest BCUT2D eigenvalue weighted by atomic mass is 9.52. The van der Waals surface area contributed by atoms with Crippen LogP contribution in [0.15, 0.2) is 11.1 Å². The van der Waals surface area contributed by atoms with E-state index in [4.69, 9.17) is 4.74 Å². The lowest BCUT2D eigenvalue weighted by Gasteiger charge is -2.52.